The number of pyridine rings is 1. The number of rotatable bonds is 5. The number of halogens is 2. The molecule has 3 amide bonds. The zero-order valence-electron chi connectivity index (χ0n) is 17.5. The maximum absolute atomic E-state index is 14.6. The van der Waals surface area contributed by atoms with Gasteiger partial charge in [0.05, 0.1) is 10.4 Å². The minimum absolute atomic E-state index is 0.0994. The molecule has 2 heterocycles. The molecule has 4 fully saturated rings. The monoisotopic (exact) mass is 456 g/mol. The molecule has 1 aliphatic heterocycles. The molecule has 2 bridgehead atoms. The molecular weight excluding hydrogens is 435 g/mol. The largest absolute Gasteiger partial charge is 0.369 e. The molecule has 1 aromatic carbocycles. The van der Waals surface area contributed by atoms with Gasteiger partial charge in [-0.05, 0) is 37.8 Å². The Bertz CT molecular complexity index is 1130. The van der Waals surface area contributed by atoms with Crippen LogP contribution in [0, 0.1) is 23.6 Å². The smallest absolute Gasteiger partial charge is 0.252 e. The molecule has 1 unspecified atom stereocenters. The Morgan fingerprint density at radius 1 is 1.25 bits per heavy atom. The first-order valence-corrected chi connectivity index (χ1v) is 10.8. The number of hydrogen-bond acceptors (Lipinski definition) is 4. The van der Waals surface area contributed by atoms with E-state index in [0.29, 0.717) is 19.3 Å². The standard InChI is InChI=1S/C23H22ClFN4O3/c1-13-2-4-14(5-3-13)8-28-17(30)9-29(19-16(25)6-15(24)7-27-19)20(31)18(28)22-10-23(11-22,12-22)21(26)32/h2-7,18H,8-12H2,1H3,(H2,26,32). The molecule has 7 nitrogen and oxygen atoms in total. The van der Waals surface area contributed by atoms with E-state index < -0.39 is 28.6 Å². The van der Waals surface area contributed by atoms with Crippen LogP contribution in [-0.2, 0) is 20.9 Å². The third kappa shape index (κ3) is 3.00. The van der Waals surface area contributed by atoms with E-state index in [1.165, 1.54) is 6.20 Å². The molecule has 3 aliphatic carbocycles. The van der Waals surface area contributed by atoms with E-state index in [-0.39, 0.29) is 35.7 Å². The highest BCUT2D eigenvalue weighted by Gasteiger charge is 2.76. The van der Waals surface area contributed by atoms with E-state index in [9.17, 15) is 18.8 Å². The third-order valence-electron chi connectivity index (χ3n) is 7.12. The summed E-state index contributed by atoms with van der Waals surface area (Å²) in [5.41, 5.74) is 6.41. The minimum atomic E-state index is -0.817. The molecule has 1 aromatic heterocycles. The SMILES string of the molecule is Cc1ccc(CN2C(=O)CN(c3ncc(Cl)cc3F)C(=O)C2C23CC(C(N)=O)(C2)C3)cc1. The van der Waals surface area contributed by atoms with Crippen LogP contribution >= 0.6 is 11.6 Å². The Morgan fingerprint density at radius 3 is 2.50 bits per heavy atom. The summed E-state index contributed by atoms with van der Waals surface area (Å²) in [7, 11) is 0. The normalized spacial score (nSPS) is 28.9. The van der Waals surface area contributed by atoms with Crippen LogP contribution in [0.4, 0.5) is 10.2 Å². The zero-order chi connectivity index (χ0) is 22.8. The fourth-order valence-corrected chi connectivity index (χ4v) is 5.74. The van der Waals surface area contributed by atoms with E-state index in [4.69, 9.17) is 17.3 Å². The lowest BCUT2D eigenvalue weighted by molar-refractivity contribution is -0.231. The molecule has 2 N–H and O–H groups in total. The summed E-state index contributed by atoms with van der Waals surface area (Å²) >= 11 is 5.80. The van der Waals surface area contributed by atoms with Crippen molar-refractivity contribution >= 4 is 35.1 Å². The molecule has 3 saturated carbocycles. The number of anilines is 1. The van der Waals surface area contributed by atoms with Crippen LogP contribution in [0.25, 0.3) is 0 Å². The van der Waals surface area contributed by atoms with Crippen LogP contribution < -0.4 is 10.6 Å². The number of nitrogens with two attached hydrogens (primary N) is 1. The Balaban J connectivity index is 1.50. The number of nitrogens with zero attached hydrogens (tertiary/aromatic N) is 3. The molecule has 6 rings (SSSR count). The number of hydrogen-bond donors (Lipinski definition) is 1. The van der Waals surface area contributed by atoms with E-state index >= 15 is 0 Å². The predicted molar refractivity (Wildman–Crippen MR) is 115 cm³/mol. The van der Waals surface area contributed by atoms with Gasteiger partial charge in [0.15, 0.2) is 11.6 Å². The average Bonchev–Trinajstić information content (AvgIpc) is 2.66. The molecule has 0 radical (unpaired) electrons. The first kappa shape index (κ1) is 20.9. The van der Waals surface area contributed by atoms with Crippen molar-refractivity contribution in [3.8, 4) is 0 Å². The first-order chi connectivity index (χ1) is 15.1. The molecule has 166 valence electrons. The number of aromatic nitrogens is 1. The van der Waals surface area contributed by atoms with Crippen molar-refractivity contribution in [1.29, 1.82) is 0 Å². The number of benzene rings is 1. The van der Waals surface area contributed by atoms with Crippen LogP contribution in [0.3, 0.4) is 0 Å². The van der Waals surface area contributed by atoms with Gasteiger partial charge in [0, 0.05) is 18.2 Å². The van der Waals surface area contributed by atoms with Crippen molar-refractivity contribution in [3.05, 3.63) is 58.5 Å². The van der Waals surface area contributed by atoms with Crippen molar-refractivity contribution < 1.29 is 18.8 Å². The van der Waals surface area contributed by atoms with E-state index in [0.717, 1.165) is 22.1 Å². The quantitative estimate of drug-likeness (QED) is 0.747. The summed E-state index contributed by atoms with van der Waals surface area (Å²) < 4.78 is 14.6. The Hall–Kier alpha value is -3.00. The Kier molecular flexibility index (Phi) is 4.57. The van der Waals surface area contributed by atoms with Crippen molar-refractivity contribution in [2.24, 2.45) is 16.6 Å². The van der Waals surface area contributed by atoms with Crippen LogP contribution in [0.1, 0.15) is 30.4 Å². The molecule has 32 heavy (non-hydrogen) atoms. The molecular formula is C23H22ClFN4O3. The fourth-order valence-electron chi connectivity index (χ4n) is 5.59. The molecule has 9 heteroatoms. The summed E-state index contributed by atoms with van der Waals surface area (Å²) in [6, 6.07) is 7.99. The van der Waals surface area contributed by atoms with Gasteiger partial charge >= 0.3 is 0 Å². The average molecular weight is 457 g/mol. The number of amides is 3. The molecule has 1 atom stereocenters. The maximum atomic E-state index is 14.6. The predicted octanol–water partition coefficient (Wildman–Crippen LogP) is 2.58. The highest BCUT2D eigenvalue weighted by molar-refractivity contribution is 6.30. The van der Waals surface area contributed by atoms with Gasteiger partial charge in [-0.15, -0.1) is 0 Å². The second-order valence-electron chi connectivity index (χ2n) is 9.33. The number of aryl methyl sites for hydroxylation is 1. The highest BCUT2D eigenvalue weighted by Crippen LogP contribution is 2.75. The lowest BCUT2D eigenvalue weighted by atomic mass is 9.32. The van der Waals surface area contributed by atoms with Crippen LogP contribution in [-0.4, -0.2) is 40.2 Å². The van der Waals surface area contributed by atoms with E-state index in [2.05, 4.69) is 4.98 Å². The maximum Gasteiger partial charge on any atom is 0.252 e. The number of carbonyl (C=O) groups is 3. The van der Waals surface area contributed by atoms with E-state index in [1.807, 2.05) is 31.2 Å². The summed E-state index contributed by atoms with van der Waals surface area (Å²) in [4.78, 5) is 45.4. The van der Waals surface area contributed by atoms with E-state index in [1.54, 1.807) is 4.90 Å². The molecule has 2 aromatic rings. The van der Waals surface area contributed by atoms with Crippen molar-refractivity contribution in [3.63, 3.8) is 0 Å². The van der Waals surface area contributed by atoms with Gasteiger partial charge in [-0.1, -0.05) is 41.4 Å². The van der Waals surface area contributed by atoms with Crippen molar-refractivity contribution in [1.82, 2.24) is 9.88 Å². The highest BCUT2D eigenvalue weighted by atomic mass is 35.5. The summed E-state index contributed by atoms with van der Waals surface area (Å²) in [6.07, 6.45) is 2.60. The first-order valence-electron chi connectivity index (χ1n) is 10.4. The number of piperazine rings is 1. The minimum Gasteiger partial charge on any atom is -0.369 e. The van der Waals surface area contributed by atoms with Gasteiger partial charge in [0.1, 0.15) is 12.6 Å². The second kappa shape index (κ2) is 7.00. The van der Waals surface area contributed by atoms with Gasteiger partial charge in [-0.3, -0.25) is 19.3 Å². The van der Waals surface area contributed by atoms with Gasteiger partial charge < -0.3 is 10.6 Å². The van der Waals surface area contributed by atoms with Gasteiger partial charge in [0.2, 0.25) is 11.8 Å². The number of primary amides is 1. The second-order valence-corrected chi connectivity index (χ2v) is 9.77. The number of carbonyl (C=O) groups excluding carboxylic acids is 3. The van der Waals surface area contributed by atoms with Gasteiger partial charge in [-0.25, -0.2) is 9.37 Å². The molecule has 4 aliphatic rings. The lowest BCUT2D eigenvalue weighted by Gasteiger charge is -2.72. The summed E-state index contributed by atoms with van der Waals surface area (Å²) in [5, 5.41) is 0.0994. The summed E-state index contributed by atoms with van der Waals surface area (Å²) in [5.74, 6) is -2.06. The van der Waals surface area contributed by atoms with Gasteiger partial charge in [-0.2, -0.15) is 0 Å². The zero-order valence-corrected chi connectivity index (χ0v) is 18.2. The summed E-state index contributed by atoms with van der Waals surface area (Å²) in [6.45, 7) is 1.91. The lowest BCUT2D eigenvalue weighted by Crippen LogP contribution is -2.78. The Labute approximate surface area is 189 Å². The third-order valence-corrected chi connectivity index (χ3v) is 7.32. The van der Waals surface area contributed by atoms with Crippen LogP contribution in [0.2, 0.25) is 5.02 Å². The van der Waals surface area contributed by atoms with Gasteiger partial charge in [0.25, 0.3) is 5.91 Å². The topological polar surface area (TPSA) is 96.6 Å². The van der Waals surface area contributed by atoms with Crippen molar-refractivity contribution in [2.45, 2.75) is 38.8 Å². The van der Waals surface area contributed by atoms with Crippen LogP contribution in [0.5, 0.6) is 0 Å². The molecule has 0 spiro atoms. The fraction of sp³-hybridized carbons (Fsp3) is 0.391. The van der Waals surface area contributed by atoms with Crippen LogP contribution in [0.15, 0.2) is 36.5 Å². The molecule has 1 saturated heterocycles. The van der Waals surface area contributed by atoms with Crippen molar-refractivity contribution in [2.75, 3.05) is 11.4 Å². The Morgan fingerprint density at radius 2 is 1.91 bits per heavy atom.